The largest absolute Gasteiger partial charge is 0.573 e. The van der Waals surface area contributed by atoms with Gasteiger partial charge in [-0.1, -0.05) is 7.43 Å². The van der Waals surface area contributed by atoms with Crippen LogP contribution in [0.4, 0.5) is 35.4 Å². The molecule has 0 aliphatic rings. The zero-order chi connectivity index (χ0) is 17.0. The first kappa shape index (κ1) is 19.0. The van der Waals surface area contributed by atoms with Crippen LogP contribution in [-0.4, -0.2) is 22.4 Å². The Morgan fingerprint density at radius 3 is 2.33 bits per heavy atom. The molecule has 2 rings (SSSR count). The number of hydrogen-bond donors (Lipinski definition) is 3. The third kappa shape index (κ3) is 5.99. The third-order valence-corrected chi connectivity index (χ3v) is 2.45. The second kappa shape index (κ2) is 7.49. The number of aryl methyl sites for hydroxylation is 1. The van der Waals surface area contributed by atoms with Crippen molar-refractivity contribution in [3.63, 3.8) is 0 Å². The average Bonchev–Trinajstić information content (AvgIpc) is 2.38. The van der Waals surface area contributed by atoms with E-state index >= 15 is 0 Å². The first-order valence-electron chi connectivity index (χ1n) is 6.26. The summed E-state index contributed by atoms with van der Waals surface area (Å²) < 4.78 is 39.8. The lowest BCUT2D eigenvalue weighted by Crippen LogP contribution is -2.21. The van der Waals surface area contributed by atoms with Crippen molar-refractivity contribution in [2.45, 2.75) is 20.7 Å². The Kier molecular flexibility index (Phi) is 5.93. The van der Waals surface area contributed by atoms with Crippen LogP contribution in [0.5, 0.6) is 5.75 Å². The summed E-state index contributed by atoms with van der Waals surface area (Å²) in [6.07, 6.45) is -4.77. The Morgan fingerprint density at radius 2 is 1.79 bits per heavy atom. The second-order valence-electron chi connectivity index (χ2n) is 4.41. The van der Waals surface area contributed by atoms with Crippen LogP contribution in [0, 0.1) is 6.92 Å². The number of hydrogen-bond acceptors (Lipinski definition) is 5. The summed E-state index contributed by atoms with van der Waals surface area (Å²) >= 11 is 0. The van der Waals surface area contributed by atoms with E-state index in [1.165, 1.54) is 18.2 Å². The van der Waals surface area contributed by atoms with Crippen LogP contribution < -0.4 is 21.1 Å². The van der Waals surface area contributed by atoms with Crippen LogP contribution in [0.25, 0.3) is 0 Å². The van der Waals surface area contributed by atoms with Gasteiger partial charge in [0.15, 0.2) is 0 Å². The number of halogens is 3. The zero-order valence-electron chi connectivity index (χ0n) is 11.8. The normalized spacial score (nSPS) is 10.5. The molecule has 0 fully saturated rings. The second-order valence-corrected chi connectivity index (χ2v) is 4.41. The average molecular weight is 343 g/mol. The van der Waals surface area contributed by atoms with Crippen molar-refractivity contribution in [3.8, 4) is 5.75 Å². The Hall–Kier alpha value is -3.04. The molecule has 0 saturated carbocycles. The molecule has 0 saturated heterocycles. The van der Waals surface area contributed by atoms with E-state index in [0.717, 1.165) is 12.1 Å². The summed E-state index contributed by atoms with van der Waals surface area (Å²) in [6.45, 7) is 1.68. The topological polar surface area (TPSA) is 102 Å². The van der Waals surface area contributed by atoms with Crippen molar-refractivity contribution >= 4 is 23.5 Å². The molecule has 0 aliphatic carbocycles. The van der Waals surface area contributed by atoms with Crippen LogP contribution >= 0.6 is 0 Å². The maximum absolute atomic E-state index is 12.0. The molecule has 2 amide bonds. The predicted octanol–water partition coefficient (Wildman–Crippen LogP) is 3.55. The molecule has 7 nitrogen and oxygen atoms in total. The number of carbonyl (C=O) groups excluding carboxylic acids is 1. The number of alkyl halides is 3. The molecule has 24 heavy (non-hydrogen) atoms. The van der Waals surface area contributed by atoms with Gasteiger partial charge in [0.2, 0.25) is 5.95 Å². The minimum absolute atomic E-state index is 0. The third-order valence-electron chi connectivity index (χ3n) is 2.45. The fraction of sp³-hybridized carbons (Fsp3) is 0.214. The van der Waals surface area contributed by atoms with Crippen LogP contribution in [0.3, 0.4) is 0 Å². The van der Waals surface area contributed by atoms with Crippen molar-refractivity contribution in [3.05, 3.63) is 36.0 Å². The van der Waals surface area contributed by atoms with Crippen molar-refractivity contribution in [1.82, 2.24) is 9.97 Å². The fourth-order valence-corrected chi connectivity index (χ4v) is 1.65. The van der Waals surface area contributed by atoms with Crippen molar-refractivity contribution < 1.29 is 22.7 Å². The number of carbonyl (C=O) groups is 1. The highest BCUT2D eigenvalue weighted by molar-refractivity contribution is 5.98. The number of anilines is 3. The maximum Gasteiger partial charge on any atom is 0.573 e. The van der Waals surface area contributed by atoms with E-state index < -0.39 is 18.1 Å². The zero-order valence-corrected chi connectivity index (χ0v) is 11.8. The van der Waals surface area contributed by atoms with E-state index in [9.17, 15) is 18.0 Å². The SMILES string of the molecule is C.Cc1cc(N)nc(NC(=O)Nc2ccc(OC(F)(F)F)cc2)n1. The minimum atomic E-state index is -4.77. The van der Waals surface area contributed by atoms with Crippen molar-refractivity contribution in [2.75, 3.05) is 16.4 Å². The lowest BCUT2D eigenvalue weighted by molar-refractivity contribution is -0.274. The van der Waals surface area contributed by atoms with Gasteiger partial charge in [0.1, 0.15) is 11.6 Å². The molecular weight excluding hydrogens is 327 g/mol. The minimum Gasteiger partial charge on any atom is -0.406 e. The number of urea groups is 1. The van der Waals surface area contributed by atoms with Crippen LogP contribution in [0.1, 0.15) is 13.1 Å². The molecule has 1 aromatic heterocycles. The van der Waals surface area contributed by atoms with Gasteiger partial charge < -0.3 is 15.8 Å². The maximum atomic E-state index is 12.0. The molecule has 0 bridgehead atoms. The Morgan fingerprint density at radius 1 is 1.17 bits per heavy atom. The van der Waals surface area contributed by atoms with E-state index in [4.69, 9.17) is 5.73 Å². The molecule has 0 radical (unpaired) electrons. The van der Waals surface area contributed by atoms with E-state index in [1.54, 1.807) is 6.92 Å². The molecule has 1 aromatic carbocycles. The molecule has 0 aliphatic heterocycles. The molecule has 4 N–H and O–H groups in total. The summed E-state index contributed by atoms with van der Waals surface area (Å²) in [5.41, 5.74) is 6.36. The van der Waals surface area contributed by atoms with Crippen molar-refractivity contribution in [1.29, 1.82) is 0 Å². The number of nitrogens with two attached hydrogens (primary N) is 1. The van der Waals surface area contributed by atoms with Crippen molar-refractivity contribution in [2.24, 2.45) is 0 Å². The highest BCUT2D eigenvalue weighted by atomic mass is 19.4. The molecular formula is C14H16F3N5O2. The summed E-state index contributed by atoms with van der Waals surface area (Å²) in [7, 11) is 0. The Bertz CT molecular complexity index is 684. The van der Waals surface area contributed by atoms with Gasteiger partial charge in [0.05, 0.1) is 0 Å². The van der Waals surface area contributed by atoms with Crippen LogP contribution in [-0.2, 0) is 0 Å². The number of nitrogens with zero attached hydrogens (tertiary/aromatic N) is 2. The Labute approximate surface area is 136 Å². The molecule has 0 unspecified atom stereocenters. The smallest absolute Gasteiger partial charge is 0.406 e. The number of nitrogen functional groups attached to an aromatic ring is 1. The van der Waals surface area contributed by atoms with Gasteiger partial charge in [0.25, 0.3) is 0 Å². The number of ether oxygens (including phenoxy) is 1. The highest BCUT2D eigenvalue weighted by Gasteiger charge is 2.30. The molecule has 130 valence electrons. The van der Waals surface area contributed by atoms with Gasteiger partial charge in [-0.25, -0.2) is 9.78 Å². The fourth-order valence-electron chi connectivity index (χ4n) is 1.65. The van der Waals surface area contributed by atoms with Gasteiger partial charge in [-0.05, 0) is 31.2 Å². The molecule has 10 heteroatoms. The lowest BCUT2D eigenvalue weighted by Gasteiger charge is -2.10. The van der Waals surface area contributed by atoms with E-state index in [0.29, 0.717) is 5.69 Å². The quantitative estimate of drug-likeness (QED) is 0.791. The van der Waals surface area contributed by atoms with Gasteiger partial charge in [-0.2, -0.15) is 4.98 Å². The standard InChI is InChI=1S/C13H12F3N5O2.CH4/c1-7-6-10(17)20-11(18-7)21-12(22)19-8-2-4-9(5-3-8)23-13(14,15)16;/h2-6H,1H3,(H4,17,18,19,20,21,22);1H4. The molecule has 0 atom stereocenters. The predicted molar refractivity (Wildman–Crippen MR) is 83.7 cm³/mol. The number of nitrogens with one attached hydrogen (secondary N) is 2. The first-order chi connectivity index (χ1) is 10.7. The van der Waals surface area contributed by atoms with Crippen LogP contribution in [0.15, 0.2) is 30.3 Å². The van der Waals surface area contributed by atoms with Gasteiger partial charge >= 0.3 is 12.4 Å². The van der Waals surface area contributed by atoms with E-state index in [-0.39, 0.29) is 24.9 Å². The number of benzene rings is 1. The van der Waals surface area contributed by atoms with Crippen LogP contribution in [0.2, 0.25) is 0 Å². The van der Waals surface area contributed by atoms with E-state index in [1.807, 2.05) is 0 Å². The Balaban J connectivity index is 0.00000288. The summed E-state index contributed by atoms with van der Waals surface area (Å²) in [6, 6.07) is 5.52. The molecule has 0 spiro atoms. The van der Waals surface area contributed by atoms with E-state index in [2.05, 4.69) is 25.3 Å². The monoisotopic (exact) mass is 343 g/mol. The van der Waals surface area contributed by atoms with Gasteiger partial charge in [0, 0.05) is 17.4 Å². The van der Waals surface area contributed by atoms with Gasteiger partial charge in [-0.15, -0.1) is 13.2 Å². The number of amides is 2. The summed E-state index contributed by atoms with van der Waals surface area (Å²) in [5.74, 6) is -0.184. The van der Waals surface area contributed by atoms with Gasteiger partial charge in [-0.3, -0.25) is 5.32 Å². The number of rotatable bonds is 3. The summed E-state index contributed by atoms with van der Waals surface area (Å²) in [5, 5.41) is 4.77. The highest BCUT2D eigenvalue weighted by Crippen LogP contribution is 2.23. The lowest BCUT2D eigenvalue weighted by atomic mass is 10.3. The molecule has 2 aromatic rings. The number of aromatic nitrogens is 2. The molecule has 1 heterocycles. The first-order valence-corrected chi connectivity index (χ1v) is 6.26. The summed E-state index contributed by atoms with van der Waals surface area (Å²) in [4.78, 5) is 19.5.